The molecule has 2 aromatic heterocycles. The molecule has 4 nitrogen and oxygen atoms in total. The van der Waals surface area contributed by atoms with Crippen LogP contribution in [0.1, 0.15) is 0 Å². The smallest absolute Gasteiger partial charge is 0.167 e. The number of fused-ring (bicyclic) bond motifs is 3. The number of nitrogens with zero attached hydrogens (tertiary/aromatic N) is 3. The molecule has 59 heavy (non-hydrogen) atoms. The molecule has 7 aromatic carbocycles. The van der Waals surface area contributed by atoms with Crippen LogP contribution in [0.15, 0.2) is 120 Å². The molecule has 0 unspecified atom stereocenters. The number of benzene rings is 7. The van der Waals surface area contributed by atoms with Crippen LogP contribution in [0.5, 0.6) is 0 Å². The van der Waals surface area contributed by atoms with Crippen LogP contribution >= 0.6 is 0 Å². The van der Waals surface area contributed by atoms with Gasteiger partial charge in [0.1, 0.15) is 89.6 Å². The highest BCUT2D eigenvalue weighted by Gasteiger charge is 2.24. The zero-order valence-electron chi connectivity index (χ0n) is 35.7. The Kier molecular flexibility index (Phi) is 9.78. The fraction of sp³-hybridized carbons (Fsp3) is 0. The monoisotopic (exact) mass is 747 g/mol. The second-order valence-corrected chi connectivity index (χ2v) is 16.3. The van der Waals surface area contributed by atoms with Crippen LogP contribution in [0.4, 0.5) is 0 Å². The first kappa shape index (κ1) is 38.5. The highest BCUT2D eigenvalue weighted by Crippen LogP contribution is 2.40. The number of hydrogen-bond donors (Lipinski definition) is 0. The molecule has 0 N–H and O–H groups in total. The summed E-state index contributed by atoms with van der Waals surface area (Å²) in [6.45, 7) is 0. The SMILES string of the molecule is Bc1c(B)c(B)c(-c2nc(-c3c(B)c(B)c(B)c(B)c3B)nc(-c3cccc4c3oc3cccc(-c5ccc(-c6ccc(-c7ccccc7)cc6)cc5)c34)n2)c(B)c1B. The van der Waals surface area contributed by atoms with Crippen LogP contribution in [-0.4, -0.2) is 93.4 Å². The maximum atomic E-state index is 6.83. The molecule has 270 valence electrons. The Morgan fingerprint density at radius 1 is 0.322 bits per heavy atom. The fourth-order valence-electron chi connectivity index (χ4n) is 8.98. The lowest BCUT2D eigenvalue weighted by atomic mass is 9.60. The second kappa shape index (κ2) is 15.0. The average molecular weight is 746 g/mol. The number of furan rings is 1. The Morgan fingerprint density at radius 2 is 0.712 bits per heavy atom. The largest absolute Gasteiger partial charge is 0.455 e. The molecular weight excluding hydrogens is 707 g/mol. The summed E-state index contributed by atoms with van der Waals surface area (Å²) < 4.78 is 6.83. The molecule has 2 heterocycles. The quantitative estimate of drug-likeness (QED) is 0.160. The van der Waals surface area contributed by atoms with E-state index >= 15 is 0 Å². The van der Waals surface area contributed by atoms with E-state index in [0.717, 1.165) is 49.8 Å². The Bertz CT molecular complexity index is 3010. The van der Waals surface area contributed by atoms with Crippen LogP contribution < -0.4 is 54.6 Å². The third-order valence-electron chi connectivity index (χ3n) is 13.4. The van der Waals surface area contributed by atoms with E-state index in [1.807, 2.05) is 0 Å². The molecular formula is C45H39B10N3O. The number of rotatable bonds is 6. The lowest BCUT2D eigenvalue weighted by molar-refractivity contribution is 0.669. The van der Waals surface area contributed by atoms with E-state index in [9.17, 15) is 0 Å². The molecule has 9 rings (SSSR count). The summed E-state index contributed by atoms with van der Waals surface area (Å²) in [6.07, 6.45) is 0. The lowest BCUT2D eigenvalue weighted by Crippen LogP contribution is -2.55. The Morgan fingerprint density at radius 3 is 1.20 bits per heavy atom. The first-order chi connectivity index (χ1) is 28.4. The van der Waals surface area contributed by atoms with Gasteiger partial charge in [-0.15, -0.1) is 32.8 Å². The maximum absolute atomic E-state index is 6.83. The Labute approximate surface area is 355 Å². The van der Waals surface area contributed by atoms with Crippen LogP contribution in [0.3, 0.4) is 0 Å². The molecule has 0 atom stereocenters. The molecule has 0 fully saturated rings. The number of aromatic nitrogens is 3. The molecule has 0 aliphatic heterocycles. The van der Waals surface area contributed by atoms with Crippen molar-refractivity contribution in [2.75, 3.05) is 0 Å². The van der Waals surface area contributed by atoms with Gasteiger partial charge in [-0.2, -0.15) is 0 Å². The van der Waals surface area contributed by atoms with Crippen LogP contribution in [-0.2, 0) is 0 Å². The molecule has 0 spiro atoms. The summed E-state index contributed by atoms with van der Waals surface area (Å²) in [6, 6.07) is 40.8. The van der Waals surface area contributed by atoms with E-state index in [4.69, 9.17) is 19.4 Å². The van der Waals surface area contributed by atoms with E-state index in [0.29, 0.717) is 17.5 Å². The minimum absolute atomic E-state index is 0.600. The summed E-state index contributed by atoms with van der Waals surface area (Å²) in [5, 5.41) is 2.10. The van der Waals surface area contributed by atoms with Gasteiger partial charge in [-0.3, -0.25) is 0 Å². The zero-order chi connectivity index (χ0) is 41.3. The van der Waals surface area contributed by atoms with Crippen LogP contribution in [0, 0.1) is 0 Å². The van der Waals surface area contributed by atoms with Crippen molar-refractivity contribution in [3.63, 3.8) is 0 Å². The Balaban J connectivity index is 1.20. The maximum Gasteiger partial charge on any atom is 0.167 e. The van der Waals surface area contributed by atoms with E-state index in [2.05, 4.69) is 194 Å². The molecule has 0 radical (unpaired) electrons. The Hall–Kier alpha value is -6.00. The van der Waals surface area contributed by atoms with Gasteiger partial charge in [0.05, 0.1) is 5.56 Å². The van der Waals surface area contributed by atoms with Crippen molar-refractivity contribution in [3.05, 3.63) is 115 Å². The van der Waals surface area contributed by atoms with Crippen molar-refractivity contribution in [3.8, 4) is 67.5 Å². The van der Waals surface area contributed by atoms with Gasteiger partial charge in [0.15, 0.2) is 17.5 Å². The third-order valence-corrected chi connectivity index (χ3v) is 13.4. The average Bonchev–Trinajstić information content (AvgIpc) is 3.66. The predicted molar refractivity (Wildman–Crippen MR) is 282 cm³/mol. The van der Waals surface area contributed by atoms with E-state index in [1.54, 1.807) is 0 Å². The van der Waals surface area contributed by atoms with Gasteiger partial charge in [-0.25, -0.2) is 15.0 Å². The first-order valence-corrected chi connectivity index (χ1v) is 20.5. The van der Waals surface area contributed by atoms with Crippen molar-refractivity contribution in [1.29, 1.82) is 0 Å². The van der Waals surface area contributed by atoms with Gasteiger partial charge in [-0.05, 0) is 45.5 Å². The molecule has 14 heteroatoms. The van der Waals surface area contributed by atoms with Crippen molar-refractivity contribution in [2.24, 2.45) is 0 Å². The molecule has 9 aromatic rings. The summed E-state index contributed by atoms with van der Waals surface area (Å²) in [4.78, 5) is 16.0. The van der Waals surface area contributed by atoms with Crippen molar-refractivity contribution in [1.82, 2.24) is 15.0 Å². The van der Waals surface area contributed by atoms with E-state index < -0.39 is 0 Å². The van der Waals surface area contributed by atoms with Gasteiger partial charge in [0.2, 0.25) is 0 Å². The normalized spacial score (nSPS) is 11.4. The summed E-state index contributed by atoms with van der Waals surface area (Å²) in [7, 11) is 22.0. The molecule has 0 saturated heterocycles. The van der Waals surface area contributed by atoms with Crippen molar-refractivity contribution in [2.45, 2.75) is 0 Å². The molecule has 0 aliphatic rings. The summed E-state index contributed by atoms with van der Waals surface area (Å²) in [5.74, 6) is 1.97. The number of hydrogen-bond acceptors (Lipinski definition) is 4. The topological polar surface area (TPSA) is 51.8 Å². The van der Waals surface area contributed by atoms with Crippen LogP contribution in [0.25, 0.3) is 89.5 Å². The molecule has 0 bridgehead atoms. The molecule has 0 aliphatic carbocycles. The molecule has 0 amide bonds. The molecule has 0 saturated carbocycles. The van der Waals surface area contributed by atoms with Crippen molar-refractivity contribution < 1.29 is 4.42 Å². The third kappa shape index (κ3) is 6.45. The lowest BCUT2D eigenvalue weighted by Gasteiger charge is -2.22. The predicted octanol–water partition coefficient (Wildman–Crippen LogP) is -5.64. The second-order valence-electron chi connectivity index (χ2n) is 16.3. The number of para-hydroxylation sites is 1. The van der Waals surface area contributed by atoms with E-state index in [-0.39, 0.29) is 0 Å². The first-order valence-electron chi connectivity index (χ1n) is 20.5. The van der Waals surface area contributed by atoms with Gasteiger partial charge < -0.3 is 4.42 Å². The minimum atomic E-state index is 0.600. The fourth-order valence-corrected chi connectivity index (χ4v) is 8.98. The highest BCUT2D eigenvalue weighted by atomic mass is 16.3. The highest BCUT2D eigenvalue weighted by molar-refractivity contribution is 6.70. The van der Waals surface area contributed by atoms with Crippen LogP contribution in [0.2, 0.25) is 0 Å². The minimum Gasteiger partial charge on any atom is -0.455 e. The van der Waals surface area contributed by atoms with Gasteiger partial charge in [-0.1, -0.05) is 125 Å². The summed E-state index contributed by atoms with van der Waals surface area (Å²) in [5.41, 5.74) is 24.1. The van der Waals surface area contributed by atoms with E-state index in [1.165, 1.54) is 76.9 Å². The summed E-state index contributed by atoms with van der Waals surface area (Å²) >= 11 is 0. The van der Waals surface area contributed by atoms with Gasteiger partial charge in [0, 0.05) is 21.9 Å². The van der Waals surface area contributed by atoms with Gasteiger partial charge in [0.25, 0.3) is 0 Å². The van der Waals surface area contributed by atoms with Crippen molar-refractivity contribution >= 4 is 155 Å². The zero-order valence-corrected chi connectivity index (χ0v) is 35.7. The standard InChI is InChI=1S/C45H39B10N3O/c46-32-30(33(47)37(51)40(54)36(32)50)44-56-43(57-45(58-44)31-34(48)38(52)41(55)39(53)35(31)49)27-10-4-9-26-29-25(8-5-11-28(29)59-42(26)27)24-18-16-23(17-19-24)22-14-12-21(13-15-22)20-6-2-1-3-7-20/h1-19H,46-55H2. The van der Waals surface area contributed by atoms with Gasteiger partial charge >= 0.3 is 0 Å².